The topological polar surface area (TPSA) is 87.1 Å². The molecule has 1 unspecified atom stereocenters. The molecule has 1 atom stereocenters. The molecule has 1 saturated heterocycles. The molecule has 1 aliphatic rings. The highest BCUT2D eigenvalue weighted by molar-refractivity contribution is 5.90. The Hall–Kier alpha value is -2.15. The molecule has 0 saturated carbocycles. The Labute approximate surface area is 116 Å². The number of likely N-dealkylation sites (tertiary alicyclic amines) is 1. The van der Waals surface area contributed by atoms with Crippen molar-refractivity contribution in [3.63, 3.8) is 0 Å². The van der Waals surface area contributed by atoms with Crippen LogP contribution < -0.4 is 5.32 Å². The molecule has 3 rings (SSSR count). The summed E-state index contributed by atoms with van der Waals surface area (Å²) in [5.74, 6) is 0.854. The zero-order valence-electron chi connectivity index (χ0n) is 11.1. The maximum atomic E-state index is 11.9. The maximum absolute atomic E-state index is 11.9. The smallest absolute Gasteiger partial charge is 0.288 e. The van der Waals surface area contributed by atoms with Crippen molar-refractivity contribution >= 4 is 5.91 Å². The van der Waals surface area contributed by atoms with E-state index in [0.29, 0.717) is 6.54 Å². The summed E-state index contributed by atoms with van der Waals surface area (Å²) < 4.78 is 5.50. The first-order valence-electron chi connectivity index (χ1n) is 6.75. The minimum Gasteiger partial charge on any atom is -0.468 e. The van der Waals surface area contributed by atoms with Gasteiger partial charge in [-0.05, 0) is 38.1 Å². The van der Waals surface area contributed by atoms with Crippen molar-refractivity contribution < 1.29 is 9.21 Å². The third kappa shape index (κ3) is 2.72. The van der Waals surface area contributed by atoms with Gasteiger partial charge in [-0.2, -0.15) is 5.10 Å². The molecule has 1 amide bonds. The predicted molar refractivity (Wildman–Crippen MR) is 71.0 cm³/mol. The van der Waals surface area contributed by atoms with Gasteiger partial charge in [0.2, 0.25) is 5.82 Å². The summed E-state index contributed by atoms with van der Waals surface area (Å²) in [6, 6.07) is 3.89. The van der Waals surface area contributed by atoms with Crippen LogP contribution in [0, 0.1) is 0 Å². The summed E-state index contributed by atoms with van der Waals surface area (Å²) in [6.07, 6.45) is 5.36. The van der Waals surface area contributed by atoms with Gasteiger partial charge < -0.3 is 9.73 Å². The number of nitrogens with zero attached hydrogens (tertiary/aromatic N) is 3. The second kappa shape index (κ2) is 5.87. The number of hydrogen-bond acceptors (Lipinski definition) is 5. The van der Waals surface area contributed by atoms with Crippen LogP contribution in [0.15, 0.2) is 29.1 Å². The SMILES string of the molecule is O=C(NCC(c1ccco1)N1CCCC1)c1ncn[nH]1. The molecule has 20 heavy (non-hydrogen) atoms. The molecule has 106 valence electrons. The van der Waals surface area contributed by atoms with Gasteiger partial charge in [-0.1, -0.05) is 0 Å². The summed E-state index contributed by atoms with van der Waals surface area (Å²) in [7, 11) is 0. The summed E-state index contributed by atoms with van der Waals surface area (Å²) in [4.78, 5) is 18.1. The van der Waals surface area contributed by atoms with E-state index in [0.717, 1.165) is 18.8 Å². The molecule has 2 N–H and O–H groups in total. The fraction of sp³-hybridized carbons (Fsp3) is 0.462. The monoisotopic (exact) mass is 275 g/mol. The highest BCUT2D eigenvalue weighted by Crippen LogP contribution is 2.24. The average molecular weight is 275 g/mol. The fourth-order valence-electron chi connectivity index (χ4n) is 2.53. The van der Waals surface area contributed by atoms with Crippen LogP contribution in [0.3, 0.4) is 0 Å². The number of nitrogens with one attached hydrogen (secondary N) is 2. The third-order valence-electron chi connectivity index (χ3n) is 3.54. The molecule has 2 aromatic rings. The van der Waals surface area contributed by atoms with E-state index in [9.17, 15) is 4.79 Å². The van der Waals surface area contributed by atoms with Gasteiger partial charge in [-0.15, -0.1) is 0 Å². The lowest BCUT2D eigenvalue weighted by atomic mass is 10.2. The van der Waals surface area contributed by atoms with Crippen LogP contribution in [0.25, 0.3) is 0 Å². The van der Waals surface area contributed by atoms with E-state index >= 15 is 0 Å². The number of carbonyl (C=O) groups excluding carboxylic acids is 1. The molecule has 2 aromatic heterocycles. The van der Waals surface area contributed by atoms with E-state index in [1.807, 2.05) is 12.1 Å². The largest absolute Gasteiger partial charge is 0.468 e. The quantitative estimate of drug-likeness (QED) is 0.849. The van der Waals surface area contributed by atoms with Gasteiger partial charge in [-0.25, -0.2) is 4.98 Å². The van der Waals surface area contributed by atoms with E-state index in [4.69, 9.17) is 4.42 Å². The lowest BCUT2D eigenvalue weighted by molar-refractivity contribution is 0.0924. The lowest BCUT2D eigenvalue weighted by Crippen LogP contribution is -2.37. The van der Waals surface area contributed by atoms with E-state index in [-0.39, 0.29) is 17.8 Å². The number of rotatable bonds is 5. The highest BCUT2D eigenvalue weighted by Gasteiger charge is 2.26. The Morgan fingerprint density at radius 1 is 1.50 bits per heavy atom. The number of furan rings is 1. The van der Waals surface area contributed by atoms with Gasteiger partial charge in [0, 0.05) is 6.54 Å². The van der Waals surface area contributed by atoms with Crippen LogP contribution in [0.1, 0.15) is 35.3 Å². The molecular formula is C13H17N5O2. The van der Waals surface area contributed by atoms with Crippen molar-refractivity contribution in [2.24, 2.45) is 0 Å². The van der Waals surface area contributed by atoms with Gasteiger partial charge in [0.15, 0.2) is 0 Å². The fourth-order valence-corrected chi connectivity index (χ4v) is 2.53. The number of aromatic amines is 1. The van der Waals surface area contributed by atoms with Crippen LogP contribution in [0.4, 0.5) is 0 Å². The number of amides is 1. The normalized spacial score (nSPS) is 17.2. The summed E-state index contributed by atoms with van der Waals surface area (Å²) in [5, 5.41) is 9.10. The second-order valence-corrected chi connectivity index (χ2v) is 4.82. The Morgan fingerprint density at radius 2 is 2.35 bits per heavy atom. The van der Waals surface area contributed by atoms with Crippen molar-refractivity contribution in [3.05, 3.63) is 36.3 Å². The van der Waals surface area contributed by atoms with Crippen molar-refractivity contribution in [1.29, 1.82) is 0 Å². The number of hydrogen-bond donors (Lipinski definition) is 2. The summed E-state index contributed by atoms with van der Waals surface area (Å²) in [6.45, 7) is 2.56. The first-order chi connectivity index (χ1) is 9.84. The molecule has 0 spiro atoms. The number of H-pyrrole nitrogens is 1. The first kappa shape index (κ1) is 12.9. The summed E-state index contributed by atoms with van der Waals surface area (Å²) in [5.41, 5.74) is 0. The standard InChI is InChI=1S/C13H17N5O2/c19-13(12-15-9-16-17-12)14-8-10(11-4-3-7-20-11)18-5-1-2-6-18/h3-4,7,9-10H,1-2,5-6,8H2,(H,14,19)(H,15,16,17). The van der Waals surface area contributed by atoms with Crippen molar-refractivity contribution in [1.82, 2.24) is 25.4 Å². The molecule has 1 aliphatic heterocycles. The van der Waals surface area contributed by atoms with E-state index in [1.54, 1.807) is 6.26 Å². The number of aromatic nitrogens is 3. The average Bonchev–Trinajstić information content (AvgIpc) is 3.22. The molecule has 7 heteroatoms. The molecule has 0 radical (unpaired) electrons. The van der Waals surface area contributed by atoms with Crippen LogP contribution in [-0.2, 0) is 0 Å². The Balaban J connectivity index is 1.66. The van der Waals surface area contributed by atoms with Crippen LogP contribution in [-0.4, -0.2) is 45.6 Å². The molecule has 1 fully saturated rings. The highest BCUT2D eigenvalue weighted by atomic mass is 16.3. The van der Waals surface area contributed by atoms with Gasteiger partial charge in [-0.3, -0.25) is 14.8 Å². The molecule has 7 nitrogen and oxygen atoms in total. The maximum Gasteiger partial charge on any atom is 0.288 e. The minimum absolute atomic E-state index is 0.0689. The van der Waals surface area contributed by atoms with E-state index in [2.05, 4.69) is 25.4 Å². The molecule has 0 aliphatic carbocycles. The number of carbonyl (C=O) groups is 1. The van der Waals surface area contributed by atoms with Crippen LogP contribution >= 0.6 is 0 Å². The minimum atomic E-state index is -0.252. The predicted octanol–water partition coefficient (Wildman–Crippen LogP) is 0.965. The summed E-state index contributed by atoms with van der Waals surface area (Å²) >= 11 is 0. The van der Waals surface area contributed by atoms with Crippen LogP contribution in [0.5, 0.6) is 0 Å². The Kier molecular flexibility index (Phi) is 3.78. The van der Waals surface area contributed by atoms with Gasteiger partial charge in [0.25, 0.3) is 5.91 Å². The van der Waals surface area contributed by atoms with Gasteiger partial charge in [0.1, 0.15) is 12.1 Å². The first-order valence-corrected chi connectivity index (χ1v) is 6.75. The van der Waals surface area contributed by atoms with Crippen molar-refractivity contribution in [3.8, 4) is 0 Å². The van der Waals surface area contributed by atoms with Crippen molar-refractivity contribution in [2.45, 2.75) is 18.9 Å². The van der Waals surface area contributed by atoms with E-state index in [1.165, 1.54) is 19.2 Å². The third-order valence-corrected chi connectivity index (χ3v) is 3.54. The molecule has 0 aromatic carbocycles. The van der Waals surface area contributed by atoms with Crippen LogP contribution in [0.2, 0.25) is 0 Å². The zero-order valence-corrected chi connectivity index (χ0v) is 11.1. The van der Waals surface area contributed by atoms with Gasteiger partial charge >= 0.3 is 0 Å². The zero-order chi connectivity index (χ0) is 13.8. The Morgan fingerprint density at radius 3 is 3.00 bits per heavy atom. The Bertz CT molecular complexity index is 531. The lowest BCUT2D eigenvalue weighted by Gasteiger charge is -2.25. The molecule has 3 heterocycles. The van der Waals surface area contributed by atoms with Gasteiger partial charge in [0.05, 0.1) is 12.3 Å². The van der Waals surface area contributed by atoms with E-state index < -0.39 is 0 Å². The van der Waals surface area contributed by atoms with Crippen molar-refractivity contribution in [2.75, 3.05) is 19.6 Å². The molecular weight excluding hydrogens is 258 g/mol. The molecule has 0 bridgehead atoms. The second-order valence-electron chi connectivity index (χ2n) is 4.82.